The molecule has 0 aliphatic rings. The van der Waals surface area contributed by atoms with Gasteiger partial charge in [-0.15, -0.1) is 0 Å². The zero-order chi connectivity index (χ0) is 17.2. The van der Waals surface area contributed by atoms with Crippen LogP contribution in [0.4, 0.5) is 5.69 Å². The quantitative estimate of drug-likeness (QED) is 0.572. The highest BCUT2D eigenvalue weighted by Gasteiger charge is 2.04. The molecule has 0 aliphatic heterocycles. The number of unbranched alkanes of at least 4 members (excludes halogenated alkanes) is 2. The van der Waals surface area contributed by atoms with Crippen molar-refractivity contribution in [1.82, 2.24) is 0 Å². The van der Waals surface area contributed by atoms with Gasteiger partial charge in [-0.25, -0.2) is 0 Å². The van der Waals surface area contributed by atoms with Crippen LogP contribution < -0.4 is 14.8 Å². The molecule has 0 fully saturated rings. The van der Waals surface area contributed by atoms with Gasteiger partial charge >= 0.3 is 0 Å². The smallest absolute Gasteiger partial charge is 0.124 e. The van der Waals surface area contributed by atoms with Crippen molar-refractivity contribution in [2.45, 2.75) is 52.7 Å². The Balaban J connectivity index is 1.94. The number of nitrogens with one attached hydrogen (secondary N) is 1. The average molecular weight is 327 g/mol. The maximum atomic E-state index is 5.94. The fraction of sp³-hybridized carbons (Fsp3) is 0.429. The summed E-state index contributed by atoms with van der Waals surface area (Å²) in [5, 5.41) is 3.46. The van der Waals surface area contributed by atoms with Gasteiger partial charge in [-0.2, -0.15) is 0 Å². The molecule has 0 aliphatic carbocycles. The summed E-state index contributed by atoms with van der Waals surface area (Å²) in [6.45, 7) is 7.78. The van der Waals surface area contributed by atoms with E-state index in [9.17, 15) is 0 Å². The zero-order valence-electron chi connectivity index (χ0n) is 15.0. The number of benzene rings is 2. The molecule has 0 amide bonds. The zero-order valence-corrected chi connectivity index (χ0v) is 15.0. The first kappa shape index (κ1) is 18.2. The minimum Gasteiger partial charge on any atom is -0.493 e. The molecule has 130 valence electrons. The summed E-state index contributed by atoms with van der Waals surface area (Å²) in [6.07, 6.45) is 3.70. The Morgan fingerprint density at radius 2 is 1.83 bits per heavy atom. The molecule has 24 heavy (non-hydrogen) atoms. The summed E-state index contributed by atoms with van der Waals surface area (Å²) in [7, 11) is 0. The third-order valence-corrected chi connectivity index (χ3v) is 3.67. The van der Waals surface area contributed by atoms with Crippen molar-refractivity contribution < 1.29 is 9.47 Å². The number of anilines is 1. The van der Waals surface area contributed by atoms with Crippen LogP contribution in [-0.2, 0) is 6.54 Å². The molecule has 0 spiro atoms. The molecule has 0 saturated carbocycles. The number of rotatable bonds is 10. The molecular weight excluding hydrogens is 298 g/mol. The number of ether oxygens (including phenoxy) is 2. The van der Waals surface area contributed by atoms with Crippen LogP contribution in [0.1, 0.15) is 45.6 Å². The first-order chi connectivity index (χ1) is 11.7. The lowest BCUT2D eigenvalue weighted by molar-refractivity contribution is 0.242. The second kappa shape index (κ2) is 9.86. The molecule has 1 N–H and O–H groups in total. The Morgan fingerprint density at radius 3 is 2.62 bits per heavy atom. The van der Waals surface area contributed by atoms with E-state index >= 15 is 0 Å². The first-order valence-corrected chi connectivity index (χ1v) is 8.90. The lowest BCUT2D eigenvalue weighted by Crippen LogP contribution is -2.07. The lowest BCUT2D eigenvalue weighted by atomic mass is 10.2. The van der Waals surface area contributed by atoms with Gasteiger partial charge in [0.15, 0.2) is 0 Å². The summed E-state index contributed by atoms with van der Waals surface area (Å²) in [4.78, 5) is 0. The van der Waals surface area contributed by atoms with Crippen molar-refractivity contribution >= 4 is 5.69 Å². The van der Waals surface area contributed by atoms with E-state index in [-0.39, 0.29) is 6.10 Å². The minimum atomic E-state index is 0.178. The molecule has 0 radical (unpaired) electrons. The largest absolute Gasteiger partial charge is 0.493 e. The van der Waals surface area contributed by atoms with Crippen molar-refractivity contribution in [3.05, 3.63) is 54.1 Å². The molecule has 0 bridgehead atoms. The second-order valence-electron chi connectivity index (χ2n) is 6.21. The van der Waals surface area contributed by atoms with Crippen LogP contribution in [0.2, 0.25) is 0 Å². The maximum Gasteiger partial charge on any atom is 0.124 e. The van der Waals surface area contributed by atoms with Gasteiger partial charge in [0.2, 0.25) is 0 Å². The molecule has 3 heteroatoms. The molecule has 2 aromatic carbocycles. The van der Waals surface area contributed by atoms with Gasteiger partial charge < -0.3 is 14.8 Å². The van der Waals surface area contributed by atoms with Crippen LogP contribution in [0, 0.1) is 0 Å². The first-order valence-electron chi connectivity index (χ1n) is 8.90. The highest BCUT2D eigenvalue weighted by atomic mass is 16.5. The molecular formula is C21H29NO2. The van der Waals surface area contributed by atoms with Gasteiger partial charge in [0.05, 0.1) is 12.7 Å². The molecule has 0 saturated heterocycles. The molecule has 0 unspecified atom stereocenters. The topological polar surface area (TPSA) is 30.5 Å². The van der Waals surface area contributed by atoms with Gasteiger partial charge in [0, 0.05) is 23.9 Å². The summed E-state index contributed by atoms with van der Waals surface area (Å²) in [5.74, 6) is 1.86. The Labute approximate surface area is 146 Å². The van der Waals surface area contributed by atoms with Crippen molar-refractivity contribution in [1.29, 1.82) is 0 Å². The summed E-state index contributed by atoms with van der Waals surface area (Å²) in [5.41, 5.74) is 2.22. The summed E-state index contributed by atoms with van der Waals surface area (Å²) >= 11 is 0. The van der Waals surface area contributed by atoms with Gasteiger partial charge in [-0.05, 0) is 38.5 Å². The Morgan fingerprint density at radius 1 is 1.00 bits per heavy atom. The van der Waals surface area contributed by atoms with Crippen molar-refractivity contribution in [3.63, 3.8) is 0 Å². The Hall–Kier alpha value is -2.16. The van der Waals surface area contributed by atoms with Crippen molar-refractivity contribution in [2.75, 3.05) is 11.9 Å². The third-order valence-electron chi connectivity index (χ3n) is 3.67. The third kappa shape index (κ3) is 6.15. The van der Waals surface area contributed by atoms with Gasteiger partial charge in [0.1, 0.15) is 11.5 Å². The van der Waals surface area contributed by atoms with Gasteiger partial charge in [-0.1, -0.05) is 44.0 Å². The SMILES string of the molecule is CCCCCOc1ccccc1CNc1cccc(OC(C)C)c1. The lowest BCUT2D eigenvalue weighted by Gasteiger charge is -2.14. The average Bonchev–Trinajstić information content (AvgIpc) is 2.57. The fourth-order valence-corrected chi connectivity index (χ4v) is 2.47. The van der Waals surface area contributed by atoms with Crippen molar-refractivity contribution in [2.24, 2.45) is 0 Å². The van der Waals surface area contributed by atoms with Crippen molar-refractivity contribution in [3.8, 4) is 11.5 Å². The fourth-order valence-electron chi connectivity index (χ4n) is 2.47. The van der Waals surface area contributed by atoms with E-state index in [4.69, 9.17) is 9.47 Å². The highest BCUT2D eigenvalue weighted by molar-refractivity contribution is 5.49. The Kier molecular flexibility index (Phi) is 7.47. The predicted molar refractivity (Wildman–Crippen MR) is 101 cm³/mol. The van der Waals surface area contributed by atoms with E-state index in [1.165, 1.54) is 18.4 Å². The Bertz CT molecular complexity index is 610. The molecule has 0 atom stereocenters. The van der Waals surface area contributed by atoms with E-state index in [0.717, 1.165) is 36.8 Å². The summed E-state index contributed by atoms with van der Waals surface area (Å²) < 4.78 is 11.7. The van der Waals surface area contributed by atoms with E-state index in [0.29, 0.717) is 0 Å². The number of hydrogen-bond acceptors (Lipinski definition) is 3. The predicted octanol–water partition coefficient (Wildman–Crippen LogP) is 5.65. The molecule has 3 nitrogen and oxygen atoms in total. The molecule has 2 aromatic rings. The maximum absolute atomic E-state index is 5.94. The molecule has 2 rings (SSSR count). The minimum absolute atomic E-state index is 0.178. The molecule has 0 aromatic heterocycles. The normalized spacial score (nSPS) is 10.7. The van der Waals surface area contributed by atoms with Crippen LogP contribution >= 0.6 is 0 Å². The monoisotopic (exact) mass is 327 g/mol. The van der Waals surface area contributed by atoms with Crippen LogP contribution in [0.25, 0.3) is 0 Å². The van der Waals surface area contributed by atoms with E-state index in [2.05, 4.69) is 24.4 Å². The molecule has 0 heterocycles. The number of hydrogen-bond donors (Lipinski definition) is 1. The van der Waals surface area contributed by atoms with Crippen LogP contribution in [0.3, 0.4) is 0 Å². The van der Waals surface area contributed by atoms with E-state index in [1.807, 2.05) is 50.2 Å². The van der Waals surface area contributed by atoms with Crippen LogP contribution in [-0.4, -0.2) is 12.7 Å². The van der Waals surface area contributed by atoms with Gasteiger partial charge in [0.25, 0.3) is 0 Å². The second-order valence-corrected chi connectivity index (χ2v) is 6.21. The van der Waals surface area contributed by atoms with Crippen LogP contribution in [0.5, 0.6) is 11.5 Å². The highest BCUT2D eigenvalue weighted by Crippen LogP contribution is 2.22. The number of para-hydroxylation sites is 1. The van der Waals surface area contributed by atoms with E-state index < -0.39 is 0 Å². The van der Waals surface area contributed by atoms with Crippen LogP contribution in [0.15, 0.2) is 48.5 Å². The van der Waals surface area contributed by atoms with Gasteiger partial charge in [-0.3, -0.25) is 0 Å². The standard InChI is InChI=1S/C21H29NO2/c1-4-5-8-14-23-21-13-7-6-10-18(21)16-22-19-11-9-12-20(15-19)24-17(2)3/h6-7,9-13,15,17,22H,4-5,8,14,16H2,1-3H3. The summed E-state index contributed by atoms with van der Waals surface area (Å²) in [6, 6.07) is 16.3. The van der Waals surface area contributed by atoms with E-state index in [1.54, 1.807) is 0 Å².